The normalized spacial score (nSPS) is 33.8. The molecule has 2 aromatic carbocycles. The summed E-state index contributed by atoms with van der Waals surface area (Å²) in [6.45, 7) is 8.21. The Balaban J connectivity index is 1.24. The maximum Gasteiger partial charge on any atom is 0.338 e. The van der Waals surface area contributed by atoms with E-state index in [0.29, 0.717) is 35.3 Å². The van der Waals surface area contributed by atoms with Crippen molar-refractivity contribution in [1.29, 1.82) is 0 Å². The van der Waals surface area contributed by atoms with E-state index in [1.165, 1.54) is 12.5 Å². The highest BCUT2D eigenvalue weighted by molar-refractivity contribution is 5.89. The largest absolute Gasteiger partial charge is 0.459 e. The van der Waals surface area contributed by atoms with E-state index < -0.39 is 0 Å². The summed E-state index contributed by atoms with van der Waals surface area (Å²) in [5.74, 6) is 1.33. The molecule has 0 bridgehead atoms. The predicted molar refractivity (Wildman–Crippen MR) is 163 cm³/mol. The quantitative estimate of drug-likeness (QED) is 0.253. The average molecular weight is 585 g/mol. The molecule has 0 saturated heterocycles. The molecule has 3 saturated carbocycles. The molecule has 2 aromatic rings. The zero-order chi connectivity index (χ0) is 30.4. The summed E-state index contributed by atoms with van der Waals surface area (Å²) in [5, 5.41) is 0. The topological polar surface area (TPSA) is 78.9 Å². The van der Waals surface area contributed by atoms with Crippen LogP contribution in [0.1, 0.15) is 99.8 Å². The van der Waals surface area contributed by atoms with Gasteiger partial charge in [0.1, 0.15) is 18.0 Å². The first-order chi connectivity index (χ1) is 20.6. The number of ether oxygens (including phenoxy) is 3. The highest BCUT2D eigenvalue weighted by atomic mass is 16.5. The minimum absolute atomic E-state index is 0.103. The second kappa shape index (κ2) is 11.6. The van der Waals surface area contributed by atoms with Gasteiger partial charge >= 0.3 is 17.9 Å². The number of carbonyl (C=O) groups excluding carboxylic acids is 3. The van der Waals surface area contributed by atoms with Gasteiger partial charge in [0, 0.05) is 19.3 Å². The Kier molecular flexibility index (Phi) is 7.99. The van der Waals surface area contributed by atoms with Crippen molar-refractivity contribution in [2.45, 2.75) is 91.3 Å². The minimum Gasteiger partial charge on any atom is -0.459 e. The number of hydrogen-bond acceptors (Lipinski definition) is 6. The van der Waals surface area contributed by atoms with Crippen molar-refractivity contribution in [3.05, 3.63) is 83.1 Å². The Hall–Kier alpha value is -3.41. The van der Waals surface area contributed by atoms with Gasteiger partial charge in [0.25, 0.3) is 0 Å². The second-order valence-corrected chi connectivity index (χ2v) is 13.8. The van der Waals surface area contributed by atoms with Crippen LogP contribution in [-0.2, 0) is 19.0 Å². The fourth-order valence-electron chi connectivity index (χ4n) is 9.51. The van der Waals surface area contributed by atoms with Crippen LogP contribution >= 0.6 is 0 Å². The van der Waals surface area contributed by atoms with E-state index in [4.69, 9.17) is 14.2 Å². The number of fused-ring (bicyclic) bond motifs is 5. The first-order valence-electron chi connectivity index (χ1n) is 16.0. The average Bonchev–Trinajstić information content (AvgIpc) is 3.34. The van der Waals surface area contributed by atoms with E-state index in [-0.39, 0.29) is 46.9 Å². The first-order valence-corrected chi connectivity index (χ1v) is 16.0. The summed E-state index contributed by atoms with van der Waals surface area (Å²) in [6, 6.07) is 18.4. The molecular formula is C37H44O6. The molecule has 6 nitrogen and oxygen atoms in total. The van der Waals surface area contributed by atoms with E-state index in [1.54, 1.807) is 24.3 Å². The summed E-state index contributed by atoms with van der Waals surface area (Å²) in [7, 11) is 0. The third-order valence-corrected chi connectivity index (χ3v) is 11.5. The van der Waals surface area contributed by atoms with Crippen LogP contribution in [0.5, 0.6) is 0 Å². The van der Waals surface area contributed by atoms with E-state index >= 15 is 0 Å². The first kappa shape index (κ1) is 29.7. The molecule has 3 fully saturated rings. The minimum atomic E-state index is -0.287. The molecule has 0 radical (unpaired) electrons. The SMILES string of the molecule is CC(=O)OC1=C2[C@H](CC[C@@H]3C[C@H](OC(=O)c4ccccc4)CC[C@]23C)[C@@H]2CC[C@H]([C@H](C)OC(=O)c3ccccc3)[C@@]2(C)C1. The van der Waals surface area contributed by atoms with Crippen LogP contribution in [0.25, 0.3) is 0 Å². The van der Waals surface area contributed by atoms with Gasteiger partial charge in [-0.05, 0) is 110 Å². The summed E-state index contributed by atoms with van der Waals surface area (Å²) in [4.78, 5) is 38.3. The number of esters is 3. The Bertz CT molecular complexity index is 1400. The molecule has 6 rings (SSSR count). The van der Waals surface area contributed by atoms with Gasteiger partial charge in [0.15, 0.2) is 0 Å². The number of benzene rings is 2. The van der Waals surface area contributed by atoms with Gasteiger partial charge in [-0.2, -0.15) is 0 Å². The number of allylic oxidation sites excluding steroid dienone is 2. The van der Waals surface area contributed by atoms with Crippen LogP contribution < -0.4 is 0 Å². The molecule has 4 aliphatic carbocycles. The lowest BCUT2D eigenvalue weighted by Gasteiger charge is -2.57. The third-order valence-electron chi connectivity index (χ3n) is 11.5. The van der Waals surface area contributed by atoms with Crippen molar-refractivity contribution >= 4 is 17.9 Å². The zero-order valence-electron chi connectivity index (χ0n) is 25.8. The molecule has 0 N–H and O–H groups in total. The van der Waals surface area contributed by atoms with Crippen LogP contribution in [0.4, 0.5) is 0 Å². The zero-order valence-corrected chi connectivity index (χ0v) is 25.8. The maximum atomic E-state index is 13.0. The molecule has 0 aliphatic heterocycles. The summed E-state index contributed by atoms with van der Waals surface area (Å²) in [6.07, 6.45) is 7.01. The molecule has 6 heteroatoms. The van der Waals surface area contributed by atoms with Gasteiger partial charge < -0.3 is 14.2 Å². The van der Waals surface area contributed by atoms with Crippen molar-refractivity contribution in [3.8, 4) is 0 Å². The molecule has 0 aromatic heterocycles. The van der Waals surface area contributed by atoms with Gasteiger partial charge in [0.2, 0.25) is 0 Å². The second-order valence-electron chi connectivity index (χ2n) is 13.8. The van der Waals surface area contributed by atoms with E-state index in [2.05, 4.69) is 13.8 Å². The Morgan fingerprint density at radius 1 is 0.837 bits per heavy atom. The smallest absolute Gasteiger partial charge is 0.338 e. The van der Waals surface area contributed by atoms with Crippen LogP contribution in [0, 0.1) is 34.5 Å². The molecule has 43 heavy (non-hydrogen) atoms. The standard InChI is InChI=1S/C37H44O6/c1-23(41-34(39)25-11-7-5-8-12-25)30-17-18-31-29-16-15-27-21-28(43-35(40)26-13-9-6-10-14-26)19-20-36(27,3)33(29)32(42-24(2)38)22-37(30,31)4/h5-14,23,27-31H,15-22H2,1-4H3/t23-,27+,28+,29+,30+,31-,36-,37+/m0/s1. The fourth-order valence-corrected chi connectivity index (χ4v) is 9.51. The van der Waals surface area contributed by atoms with Crippen LogP contribution in [0.3, 0.4) is 0 Å². The summed E-state index contributed by atoms with van der Waals surface area (Å²) < 4.78 is 18.2. The van der Waals surface area contributed by atoms with Crippen molar-refractivity contribution in [1.82, 2.24) is 0 Å². The van der Waals surface area contributed by atoms with Gasteiger partial charge in [-0.1, -0.05) is 50.2 Å². The monoisotopic (exact) mass is 584 g/mol. The molecule has 228 valence electrons. The molecule has 0 spiro atoms. The predicted octanol–water partition coefficient (Wildman–Crippen LogP) is 7.93. The van der Waals surface area contributed by atoms with Gasteiger partial charge in [-0.15, -0.1) is 0 Å². The number of carbonyl (C=O) groups is 3. The van der Waals surface area contributed by atoms with Crippen molar-refractivity contribution in [2.24, 2.45) is 34.5 Å². The highest BCUT2D eigenvalue weighted by Crippen LogP contribution is 2.67. The van der Waals surface area contributed by atoms with Gasteiger partial charge in [-0.3, -0.25) is 4.79 Å². The highest BCUT2D eigenvalue weighted by Gasteiger charge is 2.61. The molecular weight excluding hydrogens is 540 g/mol. The lowest BCUT2D eigenvalue weighted by Crippen LogP contribution is -2.51. The molecule has 0 heterocycles. The van der Waals surface area contributed by atoms with Crippen molar-refractivity contribution in [2.75, 3.05) is 0 Å². The molecule has 0 unspecified atom stereocenters. The molecule has 0 amide bonds. The van der Waals surface area contributed by atoms with E-state index in [0.717, 1.165) is 50.7 Å². The van der Waals surface area contributed by atoms with E-state index in [1.807, 2.05) is 43.3 Å². The van der Waals surface area contributed by atoms with E-state index in [9.17, 15) is 14.4 Å². The third kappa shape index (κ3) is 5.42. The van der Waals surface area contributed by atoms with Gasteiger partial charge in [-0.25, -0.2) is 9.59 Å². The van der Waals surface area contributed by atoms with Crippen LogP contribution in [-0.4, -0.2) is 30.1 Å². The molecule has 4 aliphatic rings. The molecule has 8 atom stereocenters. The Morgan fingerprint density at radius 3 is 2.14 bits per heavy atom. The van der Waals surface area contributed by atoms with Crippen molar-refractivity contribution < 1.29 is 28.6 Å². The number of rotatable bonds is 6. The van der Waals surface area contributed by atoms with Crippen LogP contribution in [0.2, 0.25) is 0 Å². The summed E-state index contributed by atoms with van der Waals surface area (Å²) in [5.41, 5.74) is 2.25. The maximum absolute atomic E-state index is 13.0. The Labute approximate surface area is 255 Å². The van der Waals surface area contributed by atoms with Crippen LogP contribution in [0.15, 0.2) is 72.0 Å². The summed E-state index contributed by atoms with van der Waals surface area (Å²) >= 11 is 0. The lowest BCUT2D eigenvalue weighted by atomic mass is 9.48. The lowest BCUT2D eigenvalue weighted by molar-refractivity contribution is -0.139. The van der Waals surface area contributed by atoms with Gasteiger partial charge in [0.05, 0.1) is 11.1 Å². The Morgan fingerprint density at radius 2 is 1.49 bits per heavy atom. The number of hydrogen-bond donors (Lipinski definition) is 0. The fraction of sp³-hybridized carbons (Fsp3) is 0.541. The van der Waals surface area contributed by atoms with Crippen molar-refractivity contribution in [3.63, 3.8) is 0 Å².